The Labute approximate surface area is 204 Å². The smallest absolute Gasteiger partial charge is 0.0644 e. The van der Waals surface area contributed by atoms with Gasteiger partial charge < -0.3 is 4.90 Å². The van der Waals surface area contributed by atoms with E-state index < -0.39 is 0 Å². The topological polar surface area (TPSA) is 16.1 Å². The van der Waals surface area contributed by atoms with Gasteiger partial charge in [-0.15, -0.1) is 0 Å². The first-order valence-corrected chi connectivity index (χ1v) is 11.9. The van der Waals surface area contributed by atoms with Gasteiger partial charge in [0.05, 0.1) is 11.9 Å². The fourth-order valence-corrected chi connectivity index (χ4v) is 5.31. The van der Waals surface area contributed by atoms with Crippen LogP contribution in [-0.4, -0.2) is 4.98 Å². The summed E-state index contributed by atoms with van der Waals surface area (Å²) in [5, 5.41) is 2.66. The summed E-state index contributed by atoms with van der Waals surface area (Å²) in [5.74, 6) is 0. The molecule has 0 fully saturated rings. The van der Waals surface area contributed by atoms with Gasteiger partial charge in [0, 0.05) is 17.6 Å². The number of hydrogen-bond acceptors (Lipinski definition) is 2. The van der Waals surface area contributed by atoms with Crippen molar-refractivity contribution in [2.45, 2.75) is 0 Å². The summed E-state index contributed by atoms with van der Waals surface area (Å²) in [6, 6.07) is 43.4. The van der Waals surface area contributed by atoms with Crippen molar-refractivity contribution in [3.05, 3.63) is 134 Å². The van der Waals surface area contributed by atoms with Crippen LogP contribution in [0.2, 0.25) is 0 Å². The van der Waals surface area contributed by atoms with Crippen LogP contribution in [0.5, 0.6) is 0 Å². The predicted molar refractivity (Wildman–Crippen MR) is 146 cm³/mol. The van der Waals surface area contributed by atoms with E-state index in [2.05, 4.69) is 119 Å². The molecule has 0 aliphatic heterocycles. The molecule has 0 radical (unpaired) electrons. The molecule has 0 saturated carbocycles. The van der Waals surface area contributed by atoms with E-state index in [0.29, 0.717) is 0 Å². The molecule has 2 nitrogen and oxygen atoms in total. The molecule has 2 heteroatoms. The molecule has 0 unspecified atom stereocenters. The lowest BCUT2D eigenvalue weighted by molar-refractivity contribution is 1.23. The lowest BCUT2D eigenvalue weighted by atomic mass is 9.97. The minimum atomic E-state index is 1.03. The fraction of sp³-hybridized carbons (Fsp3) is 0. The zero-order valence-corrected chi connectivity index (χ0v) is 19.1. The number of para-hydroxylation sites is 1. The second kappa shape index (κ2) is 7.96. The Hall–Kier alpha value is -4.69. The first-order chi connectivity index (χ1) is 17.4. The molecule has 1 aliphatic rings. The second-order valence-electron chi connectivity index (χ2n) is 8.90. The average Bonchev–Trinajstić information content (AvgIpc) is 3.25. The van der Waals surface area contributed by atoms with Gasteiger partial charge in [-0.3, -0.25) is 4.98 Å². The van der Waals surface area contributed by atoms with Crippen molar-refractivity contribution in [2.24, 2.45) is 0 Å². The first-order valence-electron chi connectivity index (χ1n) is 11.9. The number of benzene rings is 5. The van der Waals surface area contributed by atoms with Crippen molar-refractivity contribution in [1.29, 1.82) is 0 Å². The molecular formula is C33H22N2. The molecule has 1 heterocycles. The van der Waals surface area contributed by atoms with Gasteiger partial charge in [0.15, 0.2) is 0 Å². The third kappa shape index (κ3) is 3.23. The van der Waals surface area contributed by atoms with E-state index in [0.717, 1.165) is 17.1 Å². The normalized spacial score (nSPS) is 11.4. The molecule has 0 amide bonds. The molecule has 0 bridgehead atoms. The van der Waals surface area contributed by atoms with E-state index >= 15 is 0 Å². The monoisotopic (exact) mass is 446 g/mol. The van der Waals surface area contributed by atoms with Gasteiger partial charge in [0.2, 0.25) is 0 Å². The van der Waals surface area contributed by atoms with E-state index in [1.807, 2.05) is 24.5 Å². The van der Waals surface area contributed by atoms with E-state index in [1.54, 1.807) is 0 Å². The quantitative estimate of drug-likeness (QED) is 0.268. The van der Waals surface area contributed by atoms with Gasteiger partial charge in [-0.1, -0.05) is 78.9 Å². The van der Waals surface area contributed by atoms with Crippen LogP contribution in [0.25, 0.3) is 44.2 Å². The zero-order chi connectivity index (χ0) is 23.2. The molecule has 164 valence electrons. The Morgan fingerprint density at radius 3 is 1.97 bits per heavy atom. The molecule has 7 rings (SSSR count). The van der Waals surface area contributed by atoms with Crippen LogP contribution < -0.4 is 4.90 Å². The van der Waals surface area contributed by atoms with Crippen LogP contribution in [0.3, 0.4) is 0 Å². The maximum Gasteiger partial charge on any atom is 0.0644 e. The van der Waals surface area contributed by atoms with Crippen LogP contribution in [0.15, 0.2) is 134 Å². The maximum absolute atomic E-state index is 4.37. The first kappa shape index (κ1) is 19.7. The van der Waals surface area contributed by atoms with Gasteiger partial charge in [-0.25, -0.2) is 0 Å². The van der Waals surface area contributed by atoms with Crippen LogP contribution in [0, 0.1) is 0 Å². The minimum absolute atomic E-state index is 1.03. The Kier molecular flexibility index (Phi) is 4.49. The second-order valence-corrected chi connectivity index (χ2v) is 8.90. The molecule has 1 aromatic heterocycles. The summed E-state index contributed by atoms with van der Waals surface area (Å²) in [5.41, 5.74) is 10.9. The highest BCUT2D eigenvalue weighted by Crippen LogP contribution is 2.48. The summed E-state index contributed by atoms with van der Waals surface area (Å²) < 4.78 is 0. The number of nitrogens with zero attached hydrogens (tertiary/aromatic N) is 2. The van der Waals surface area contributed by atoms with Gasteiger partial charge >= 0.3 is 0 Å². The van der Waals surface area contributed by atoms with E-state index in [9.17, 15) is 0 Å². The molecule has 0 spiro atoms. The van der Waals surface area contributed by atoms with Gasteiger partial charge in [-0.05, 0) is 86.6 Å². The van der Waals surface area contributed by atoms with Crippen molar-refractivity contribution < 1.29 is 0 Å². The minimum Gasteiger partial charge on any atom is -0.309 e. The van der Waals surface area contributed by atoms with Crippen molar-refractivity contribution >= 4 is 27.8 Å². The molecule has 1 aliphatic carbocycles. The molecular weight excluding hydrogens is 424 g/mol. The van der Waals surface area contributed by atoms with Crippen molar-refractivity contribution in [2.75, 3.05) is 4.90 Å². The number of anilines is 3. The SMILES string of the molecule is c1ccc(N(c2cccnc2)c2cccc(-c3ccc4c(c3)-c3cccc5cccc-4c35)c2)cc1. The largest absolute Gasteiger partial charge is 0.309 e. The highest BCUT2D eigenvalue weighted by Gasteiger charge is 2.21. The number of fused-ring (bicyclic) bond motifs is 3. The number of rotatable bonds is 4. The van der Waals surface area contributed by atoms with E-state index in [1.165, 1.54) is 44.2 Å². The Bertz CT molecular complexity index is 1640. The average molecular weight is 447 g/mol. The lowest BCUT2D eigenvalue weighted by Crippen LogP contribution is -2.10. The molecule has 6 aromatic rings. The number of hydrogen-bond donors (Lipinski definition) is 0. The Morgan fingerprint density at radius 1 is 0.457 bits per heavy atom. The zero-order valence-electron chi connectivity index (χ0n) is 19.1. The number of aromatic nitrogens is 1. The van der Waals surface area contributed by atoms with Crippen LogP contribution >= 0.6 is 0 Å². The van der Waals surface area contributed by atoms with E-state index in [4.69, 9.17) is 0 Å². The van der Waals surface area contributed by atoms with Crippen LogP contribution in [0.4, 0.5) is 17.1 Å². The summed E-state index contributed by atoms with van der Waals surface area (Å²) in [7, 11) is 0. The summed E-state index contributed by atoms with van der Waals surface area (Å²) in [6.07, 6.45) is 3.72. The predicted octanol–water partition coefficient (Wildman–Crippen LogP) is 9.02. The summed E-state index contributed by atoms with van der Waals surface area (Å²) >= 11 is 0. The Morgan fingerprint density at radius 2 is 1.17 bits per heavy atom. The third-order valence-corrected chi connectivity index (χ3v) is 6.86. The standard InChI is InChI=1S/C33H22N2/c1-2-11-26(12-3-1)35(28-14-7-19-34-22-28)27-13-4-10-24(20-27)25-17-18-29-30-15-5-8-23-9-6-16-31(33(23)30)32(29)21-25/h1-22H. The third-order valence-electron chi connectivity index (χ3n) is 6.86. The van der Waals surface area contributed by atoms with Crippen LogP contribution in [-0.2, 0) is 0 Å². The number of pyridine rings is 1. The molecule has 0 atom stereocenters. The molecule has 35 heavy (non-hydrogen) atoms. The van der Waals surface area contributed by atoms with E-state index in [-0.39, 0.29) is 0 Å². The molecule has 5 aromatic carbocycles. The van der Waals surface area contributed by atoms with Gasteiger partial charge in [0.1, 0.15) is 0 Å². The molecule has 0 N–H and O–H groups in total. The lowest BCUT2D eigenvalue weighted by Gasteiger charge is -2.25. The fourth-order valence-electron chi connectivity index (χ4n) is 5.31. The van der Waals surface area contributed by atoms with Gasteiger partial charge in [0.25, 0.3) is 0 Å². The van der Waals surface area contributed by atoms with Crippen molar-refractivity contribution in [3.63, 3.8) is 0 Å². The Balaban J connectivity index is 1.36. The van der Waals surface area contributed by atoms with Crippen LogP contribution in [0.1, 0.15) is 0 Å². The van der Waals surface area contributed by atoms with Gasteiger partial charge in [-0.2, -0.15) is 0 Å². The maximum atomic E-state index is 4.37. The summed E-state index contributed by atoms with van der Waals surface area (Å²) in [4.78, 5) is 6.62. The summed E-state index contributed by atoms with van der Waals surface area (Å²) in [6.45, 7) is 0. The molecule has 0 saturated heterocycles. The van der Waals surface area contributed by atoms with Crippen molar-refractivity contribution in [3.8, 4) is 33.4 Å². The van der Waals surface area contributed by atoms with Crippen molar-refractivity contribution in [1.82, 2.24) is 4.98 Å². The highest BCUT2D eigenvalue weighted by molar-refractivity contribution is 6.15. The highest BCUT2D eigenvalue weighted by atomic mass is 15.1.